The highest BCUT2D eigenvalue weighted by Gasteiger charge is 2.28. The van der Waals surface area contributed by atoms with Gasteiger partial charge in [0.05, 0.1) is 19.0 Å². The molecular weight excluding hydrogens is 327 g/mol. The predicted molar refractivity (Wildman–Crippen MR) is 84.3 cm³/mol. The third-order valence-corrected chi connectivity index (χ3v) is 3.48. The maximum atomic E-state index is 12.9. The summed E-state index contributed by atoms with van der Waals surface area (Å²) < 4.78 is 18.2. The second kappa shape index (κ2) is 9.32. The molecule has 1 atom stereocenters. The molecule has 1 amide bonds. The van der Waals surface area contributed by atoms with Crippen LogP contribution in [0.5, 0.6) is 5.75 Å². The molecule has 1 fully saturated rings. The third kappa shape index (κ3) is 6.42. The SMILES string of the molecule is Cl.O=C(CN1CCC(C(=O)O)C1)NCCOc1cccc(F)c1. The van der Waals surface area contributed by atoms with Crippen LogP contribution >= 0.6 is 12.4 Å². The maximum absolute atomic E-state index is 12.9. The van der Waals surface area contributed by atoms with Gasteiger partial charge in [-0.3, -0.25) is 14.5 Å². The van der Waals surface area contributed by atoms with E-state index in [2.05, 4.69) is 5.32 Å². The van der Waals surface area contributed by atoms with E-state index in [1.165, 1.54) is 12.1 Å². The topological polar surface area (TPSA) is 78.9 Å². The number of carbonyl (C=O) groups is 2. The van der Waals surface area contributed by atoms with Gasteiger partial charge in [0.25, 0.3) is 0 Å². The molecule has 1 aliphatic heterocycles. The maximum Gasteiger partial charge on any atom is 0.307 e. The van der Waals surface area contributed by atoms with E-state index in [9.17, 15) is 14.0 Å². The first-order chi connectivity index (χ1) is 10.5. The number of likely N-dealkylation sites (tertiary alicyclic amines) is 1. The zero-order valence-electron chi connectivity index (χ0n) is 12.5. The standard InChI is InChI=1S/C15H19FN2O4.ClH/c16-12-2-1-3-13(8-12)22-7-5-17-14(19)10-18-6-4-11(9-18)15(20)21;/h1-3,8,11H,4-7,9-10H2,(H,17,19)(H,20,21);1H. The van der Waals surface area contributed by atoms with Gasteiger partial charge < -0.3 is 15.2 Å². The number of carbonyl (C=O) groups excluding carboxylic acids is 1. The summed E-state index contributed by atoms with van der Waals surface area (Å²) in [5.41, 5.74) is 0. The lowest BCUT2D eigenvalue weighted by Gasteiger charge is -2.15. The summed E-state index contributed by atoms with van der Waals surface area (Å²) in [7, 11) is 0. The average Bonchev–Trinajstić information content (AvgIpc) is 2.92. The van der Waals surface area contributed by atoms with Crippen LogP contribution in [0.2, 0.25) is 0 Å². The van der Waals surface area contributed by atoms with Gasteiger partial charge in [0.2, 0.25) is 5.91 Å². The minimum Gasteiger partial charge on any atom is -0.492 e. The molecule has 23 heavy (non-hydrogen) atoms. The highest BCUT2D eigenvalue weighted by molar-refractivity contribution is 5.85. The second-order valence-electron chi connectivity index (χ2n) is 5.21. The van der Waals surface area contributed by atoms with Gasteiger partial charge in [0.1, 0.15) is 18.2 Å². The molecule has 1 heterocycles. The van der Waals surface area contributed by atoms with Gasteiger partial charge in [-0.2, -0.15) is 0 Å². The van der Waals surface area contributed by atoms with Gasteiger partial charge in [-0.05, 0) is 25.1 Å². The smallest absolute Gasteiger partial charge is 0.307 e. The normalized spacial score (nSPS) is 17.3. The van der Waals surface area contributed by atoms with Crippen LogP contribution in [0, 0.1) is 11.7 Å². The number of aliphatic carboxylic acids is 1. The molecule has 128 valence electrons. The van der Waals surface area contributed by atoms with Crippen LogP contribution in [0.25, 0.3) is 0 Å². The Bertz CT molecular complexity index is 544. The fourth-order valence-electron chi connectivity index (χ4n) is 2.35. The second-order valence-corrected chi connectivity index (χ2v) is 5.21. The van der Waals surface area contributed by atoms with Crippen LogP contribution in [-0.2, 0) is 9.59 Å². The number of amides is 1. The van der Waals surface area contributed by atoms with Crippen molar-refractivity contribution in [2.45, 2.75) is 6.42 Å². The molecule has 1 aromatic carbocycles. The largest absolute Gasteiger partial charge is 0.492 e. The third-order valence-electron chi connectivity index (χ3n) is 3.48. The van der Waals surface area contributed by atoms with Crippen molar-refractivity contribution in [3.8, 4) is 5.75 Å². The van der Waals surface area contributed by atoms with Crippen molar-refractivity contribution >= 4 is 24.3 Å². The van der Waals surface area contributed by atoms with E-state index in [1.807, 2.05) is 4.90 Å². The van der Waals surface area contributed by atoms with Crippen molar-refractivity contribution < 1.29 is 23.8 Å². The summed E-state index contributed by atoms with van der Waals surface area (Å²) in [6.07, 6.45) is 0.575. The van der Waals surface area contributed by atoms with Gasteiger partial charge in [-0.15, -0.1) is 12.4 Å². The number of hydrogen-bond acceptors (Lipinski definition) is 4. The molecule has 8 heteroatoms. The molecule has 0 aliphatic carbocycles. The van der Waals surface area contributed by atoms with E-state index in [1.54, 1.807) is 12.1 Å². The molecule has 2 N–H and O–H groups in total. The van der Waals surface area contributed by atoms with Gasteiger partial charge in [0.15, 0.2) is 0 Å². The zero-order chi connectivity index (χ0) is 15.9. The van der Waals surface area contributed by atoms with Crippen LogP contribution in [0.4, 0.5) is 4.39 Å². The van der Waals surface area contributed by atoms with Crippen molar-refractivity contribution in [2.75, 3.05) is 32.8 Å². The fraction of sp³-hybridized carbons (Fsp3) is 0.467. The number of rotatable bonds is 7. The molecule has 0 bridgehead atoms. The van der Waals surface area contributed by atoms with Crippen molar-refractivity contribution in [3.63, 3.8) is 0 Å². The molecule has 0 spiro atoms. The van der Waals surface area contributed by atoms with Crippen molar-refractivity contribution in [1.29, 1.82) is 0 Å². The molecule has 1 saturated heterocycles. The molecular formula is C15H20ClFN2O4. The van der Waals surface area contributed by atoms with E-state index in [-0.39, 0.29) is 43.2 Å². The Labute approximate surface area is 140 Å². The van der Waals surface area contributed by atoms with Gasteiger partial charge in [0, 0.05) is 12.6 Å². The summed E-state index contributed by atoms with van der Waals surface area (Å²) in [6.45, 7) is 1.76. The van der Waals surface area contributed by atoms with E-state index in [0.717, 1.165) is 0 Å². The minimum absolute atomic E-state index is 0. The monoisotopic (exact) mass is 346 g/mol. The summed E-state index contributed by atoms with van der Waals surface area (Å²) in [5.74, 6) is -1.33. The number of nitrogens with zero attached hydrogens (tertiary/aromatic N) is 1. The molecule has 6 nitrogen and oxygen atoms in total. The molecule has 1 unspecified atom stereocenters. The lowest BCUT2D eigenvalue weighted by molar-refractivity contribution is -0.141. The number of carboxylic acids is 1. The van der Waals surface area contributed by atoms with Crippen LogP contribution < -0.4 is 10.1 Å². The van der Waals surface area contributed by atoms with E-state index >= 15 is 0 Å². The molecule has 0 saturated carbocycles. The molecule has 2 rings (SSSR count). The molecule has 0 radical (unpaired) electrons. The minimum atomic E-state index is -0.814. The van der Waals surface area contributed by atoms with Crippen LogP contribution in [0.1, 0.15) is 6.42 Å². The van der Waals surface area contributed by atoms with Gasteiger partial charge in [-0.1, -0.05) is 6.07 Å². The number of nitrogens with one attached hydrogen (secondary N) is 1. The summed E-state index contributed by atoms with van der Waals surface area (Å²) >= 11 is 0. The Balaban J connectivity index is 0.00000264. The highest BCUT2D eigenvalue weighted by Crippen LogP contribution is 2.15. The summed E-state index contributed by atoms with van der Waals surface area (Å²) in [5, 5.41) is 11.6. The van der Waals surface area contributed by atoms with E-state index in [4.69, 9.17) is 9.84 Å². The molecule has 0 aromatic heterocycles. The van der Waals surface area contributed by atoms with E-state index < -0.39 is 5.97 Å². The van der Waals surface area contributed by atoms with Crippen molar-refractivity contribution in [1.82, 2.24) is 10.2 Å². The van der Waals surface area contributed by atoms with Crippen LogP contribution in [0.3, 0.4) is 0 Å². The fourth-order valence-corrected chi connectivity index (χ4v) is 2.35. The Morgan fingerprint density at radius 1 is 1.43 bits per heavy atom. The Morgan fingerprint density at radius 3 is 2.87 bits per heavy atom. The van der Waals surface area contributed by atoms with Crippen molar-refractivity contribution in [3.05, 3.63) is 30.1 Å². The molecule has 1 aliphatic rings. The van der Waals surface area contributed by atoms with Crippen LogP contribution in [0.15, 0.2) is 24.3 Å². The quantitative estimate of drug-likeness (QED) is 0.724. The van der Waals surface area contributed by atoms with Gasteiger partial charge >= 0.3 is 5.97 Å². The first kappa shape index (κ1) is 19.2. The number of halogens is 2. The molecule has 1 aromatic rings. The number of hydrogen-bond donors (Lipinski definition) is 2. The first-order valence-corrected chi connectivity index (χ1v) is 7.15. The van der Waals surface area contributed by atoms with Gasteiger partial charge in [-0.25, -0.2) is 4.39 Å². The average molecular weight is 347 g/mol. The van der Waals surface area contributed by atoms with Crippen LogP contribution in [-0.4, -0.2) is 54.7 Å². The number of carboxylic acid groups (broad SMARTS) is 1. The lowest BCUT2D eigenvalue weighted by atomic mass is 10.1. The Hall–Kier alpha value is -1.86. The lowest BCUT2D eigenvalue weighted by Crippen LogP contribution is -2.38. The highest BCUT2D eigenvalue weighted by atomic mass is 35.5. The Kier molecular flexibility index (Phi) is 7.77. The van der Waals surface area contributed by atoms with Crippen molar-refractivity contribution in [2.24, 2.45) is 5.92 Å². The Morgan fingerprint density at radius 2 is 2.22 bits per heavy atom. The summed E-state index contributed by atoms with van der Waals surface area (Å²) in [6, 6.07) is 5.80. The number of ether oxygens (including phenoxy) is 1. The first-order valence-electron chi connectivity index (χ1n) is 7.15. The zero-order valence-corrected chi connectivity index (χ0v) is 13.4. The van der Waals surface area contributed by atoms with E-state index in [0.29, 0.717) is 31.8 Å². The summed E-state index contributed by atoms with van der Waals surface area (Å²) in [4.78, 5) is 24.4. The predicted octanol–water partition coefficient (Wildman–Crippen LogP) is 1.15. The number of benzene rings is 1.